The van der Waals surface area contributed by atoms with Crippen molar-refractivity contribution in [2.75, 3.05) is 11.4 Å². The van der Waals surface area contributed by atoms with E-state index in [1.807, 2.05) is 0 Å². The standard InChI is InChI=1S/C17H22BrN3/c18-12-15-17(19-16-9-3-4-10-20(15)16)21-11-5-7-13-6-1-2-8-14(13)21/h3-4,9-10,13-14H,1-2,5-8,11-12H2. The molecule has 3 heterocycles. The van der Waals surface area contributed by atoms with Crippen LogP contribution in [0.15, 0.2) is 24.4 Å². The molecule has 2 aromatic rings. The number of piperidine rings is 1. The van der Waals surface area contributed by atoms with E-state index in [9.17, 15) is 0 Å². The molecule has 2 aliphatic rings. The molecule has 0 bridgehead atoms. The third-order valence-corrected chi connectivity index (χ3v) is 5.78. The molecule has 2 unspecified atom stereocenters. The highest BCUT2D eigenvalue weighted by molar-refractivity contribution is 9.08. The molecular weight excluding hydrogens is 326 g/mol. The van der Waals surface area contributed by atoms with E-state index < -0.39 is 0 Å². The predicted octanol–water partition coefficient (Wildman–Crippen LogP) is 4.39. The Kier molecular flexibility index (Phi) is 3.66. The Labute approximate surface area is 134 Å². The lowest BCUT2D eigenvalue weighted by molar-refractivity contribution is 0.242. The molecular formula is C17H22BrN3. The molecule has 2 aromatic heterocycles. The van der Waals surface area contributed by atoms with Crippen LogP contribution in [0.1, 0.15) is 44.2 Å². The molecule has 0 N–H and O–H groups in total. The van der Waals surface area contributed by atoms with E-state index in [4.69, 9.17) is 4.98 Å². The zero-order chi connectivity index (χ0) is 14.2. The van der Waals surface area contributed by atoms with Gasteiger partial charge in [0.1, 0.15) is 5.65 Å². The van der Waals surface area contributed by atoms with Gasteiger partial charge in [0.2, 0.25) is 0 Å². The topological polar surface area (TPSA) is 20.5 Å². The molecule has 4 rings (SSSR count). The molecule has 0 radical (unpaired) electrons. The molecule has 0 aromatic carbocycles. The van der Waals surface area contributed by atoms with E-state index >= 15 is 0 Å². The predicted molar refractivity (Wildman–Crippen MR) is 90.1 cm³/mol. The van der Waals surface area contributed by atoms with Crippen molar-refractivity contribution in [1.29, 1.82) is 0 Å². The average molecular weight is 348 g/mol. The van der Waals surface area contributed by atoms with Gasteiger partial charge in [-0.3, -0.25) is 0 Å². The van der Waals surface area contributed by atoms with Gasteiger partial charge in [-0.25, -0.2) is 4.98 Å². The lowest BCUT2D eigenvalue weighted by atomic mass is 9.78. The van der Waals surface area contributed by atoms with E-state index in [1.54, 1.807) is 0 Å². The minimum atomic E-state index is 0.718. The van der Waals surface area contributed by atoms with Crippen molar-refractivity contribution < 1.29 is 0 Å². The lowest BCUT2D eigenvalue weighted by Crippen LogP contribution is -2.47. The van der Waals surface area contributed by atoms with Crippen LogP contribution < -0.4 is 4.90 Å². The maximum Gasteiger partial charge on any atom is 0.152 e. The maximum absolute atomic E-state index is 4.96. The van der Waals surface area contributed by atoms with Gasteiger partial charge in [-0.1, -0.05) is 34.8 Å². The molecule has 0 spiro atoms. The smallest absolute Gasteiger partial charge is 0.152 e. The maximum atomic E-state index is 4.96. The van der Waals surface area contributed by atoms with E-state index in [1.165, 1.54) is 56.6 Å². The zero-order valence-electron chi connectivity index (χ0n) is 12.3. The second-order valence-electron chi connectivity index (χ2n) is 6.39. The van der Waals surface area contributed by atoms with Gasteiger partial charge >= 0.3 is 0 Å². The van der Waals surface area contributed by atoms with Crippen molar-refractivity contribution in [3.05, 3.63) is 30.1 Å². The van der Waals surface area contributed by atoms with Gasteiger partial charge in [0.15, 0.2) is 5.82 Å². The first-order valence-corrected chi connectivity index (χ1v) is 9.29. The van der Waals surface area contributed by atoms with Gasteiger partial charge < -0.3 is 9.30 Å². The Hall–Kier alpha value is -1.03. The summed E-state index contributed by atoms with van der Waals surface area (Å²) >= 11 is 3.68. The number of aromatic nitrogens is 2. The van der Waals surface area contributed by atoms with Gasteiger partial charge in [-0.15, -0.1) is 0 Å². The quantitative estimate of drug-likeness (QED) is 0.751. The van der Waals surface area contributed by atoms with Crippen LogP contribution in [0.3, 0.4) is 0 Å². The number of rotatable bonds is 2. The highest BCUT2D eigenvalue weighted by Crippen LogP contribution is 2.39. The Morgan fingerprint density at radius 1 is 1.14 bits per heavy atom. The summed E-state index contributed by atoms with van der Waals surface area (Å²) in [5.74, 6) is 2.11. The fourth-order valence-corrected chi connectivity index (χ4v) is 4.80. The van der Waals surface area contributed by atoms with Gasteiger partial charge in [0.25, 0.3) is 0 Å². The van der Waals surface area contributed by atoms with Crippen molar-refractivity contribution in [2.45, 2.75) is 49.9 Å². The minimum Gasteiger partial charge on any atom is -0.352 e. The monoisotopic (exact) mass is 347 g/mol. The molecule has 4 heteroatoms. The summed E-state index contributed by atoms with van der Waals surface area (Å²) < 4.78 is 2.23. The van der Waals surface area contributed by atoms with Crippen LogP contribution in [0.2, 0.25) is 0 Å². The summed E-state index contributed by atoms with van der Waals surface area (Å²) in [6.45, 7) is 1.17. The first kappa shape index (κ1) is 13.6. The molecule has 21 heavy (non-hydrogen) atoms. The molecule has 1 saturated heterocycles. The summed E-state index contributed by atoms with van der Waals surface area (Å²) in [6, 6.07) is 6.99. The first-order valence-electron chi connectivity index (χ1n) is 8.17. The number of fused-ring (bicyclic) bond motifs is 2. The number of alkyl halides is 1. The molecule has 1 aliphatic carbocycles. The summed E-state index contributed by atoms with van der Waals surface area (Å²) in [7, 11) is 0. The number of anilines is 1. The largest absolute Gasteiger partial charge is 0.352 e. The second-order valence-corrected chi connectivity index (χ2v) is 6.95. The second kappa shape index (κ2) is 5.64. The number of halogens is 1. The fourth-order valence-electron chi connectivity index (χ4n) is 4.28. The number of imidazole rings is 1. The average Bonchev–Trinajstić information content (AvgIpc) is 2.92. The number of nitrogens with zero attached hydrogens (tertiary/aromatic N) is 3. The van der Waals surface area contributed by atoms with Crippen LogP contribution >= 0.6 is 15.9 Å². The van der Waals surface area contributed by atoms with Crippen LogP contribution in [0, 0.1) is 5.92 Å². The van der Waals surface area contributed by atoms with Gasteiger partial charge in [0, 0.05) is 24.1 Å². The number of hydrogen-bond donors (Lipinski definition) is 0. The van der Waals surface area contributed by atoms with Crippen LogP contribution in [0.4, 0.5) is 5.82 Å². The van der Waals surface area contributed by atoms with E-state index in [2.05, 4.69) is 49.6 Å². The molecule has 3 nitrogen and oxygen atoms in total. The Bertz CT molecular complexity index is 634. The van der Waals surface area contributed by atoms with Crippen molar-refractivity contribution in [1.82, 2.24) is 9.38 Å². The molecule has 2 atom stereocenters. The molecule has 2 fully saturated rings. The van der Waals surface area contributed by atoms with E-state index in [-0.39, 0.29) is 0 Å². The summed E-state index contributed by atoms with van der Waals surface area (Å²) in [6.07, 6.45) is 10.4. The third-order valence-electron chi connectivity index (χ3n) is 5.25. The van der Waals surface area contributed by atoms with Crippen molar-refractivity contribution in [2.24, 2.45) is 5.92 Å². The molecule has 112 valence electrons. The van der Waals surface area contributed by atoms with Crippen LogP contribution in [0.25, 0.3) is 5.65 Å². The van der Waals surface area contributed by atoms with Crippen LogP contribution in [-0.2, 0) is 5.33 Å². The van der Waals surface area contributed by atoms with Gasteiger partial charge in [-0.2, -0.15) is 0 Å². The third kappa shape index (κ3) is 2.28. The van der Waals surface area contributed by atoms with Crippen molar-refractivity contribution in [3.8, 4) is 0 Å². The van der Waals surface area contributed by atoms with E-state index in [0.717, 1.165) is 22.9 Å². The Balaban J connectivity index is 1.77. The van der Waals surface area contributed by atoms with Crippen LogP contribution in [0.5, 0.6) is 0 Å². The SMILES string of the molecule is BrCc1c(N2CCCC3CCCCC32)nc2ccccn12. The first-order chi connectivity index (χ1) is 10.4. The summed E-state index contributed by atoms with van der Waals surface area (Å²) in [5.41, 5.74) is 2.37. The fraction of sp³-hybridized carbons (Fsp3) is 0.588. The van der Waals surface area contributed by atoms with E-state index in [0.29, 0.717) is 0 Å². The Morgan fingerprint density at radius 3 is 2.90 bits per heavy atom. The van der Waals surface area contributed by atoms with Gasteiger partial charge in [-0.05, 0) is 43.7 Å². The Morgan fingerprint density at radius 2 is 2.00 bits per heavy atom. The highest BCUT2D eigenvalue weighted by atomic mass is 79.9. The lowest BCUT2D eigenvalue weighted by Gasteiger charge is -2.44. The normalized spacial score (nSPS) is 26.0. The summed E-state index contributed by atoms with van der Waals surface area (Å²) in [5, 5.41) is 0.862. The molecule has 1 saturated carbocycles. The summed E-state index contributed by atoms with van der Waals surface area (Å²) in [4.78, 5) is 7.58. The van der Waals surface area contributed by atoms with Crippen LogP contribution in [-0.4, -0.2) is 22.0 Å². The van der Waals surface area contributed by atoms with Crippen molar-refractivity contribution in [3.63, 3.8) is 0 Å². The molecule has 1 aliphatic heterocycles. The molecule has 0 amide bonds. The zero-order valence-corrected chi connectivity index (χ0v) is 13.9. The van der Waals surface area contributed by atoms with Gasteiger partial charge in [0.05, 0.1) is 5.69 Å². The highest BCUT2D eigenvalue weighted by Gasteiger charge is 2.35. The number of hydrogen-bond acceptors (Lipinski definition) is 2. The minimum absolute atomic E-state index is 0.718. The van der Waals surface area contributed by atoms with Crippen molar-refractivity contribution >= 4 is 27.4 Å². The number of pyridine rings is 1.